The highest BCUT2D eigenvalue weighted by atomic mass is 35.5. The zero-order valence-electron chi connectivity index (χ0n) is 9.34. The molecule has 0 amide bonds. The standard InChI is InChI=1S/C11H9Cl3N4/c1-5-2-7(13)9(3-6(5)12)17-10-8(14)4-16-11(15)18-10/h2-4H,1H3,(H3,15,16,17,18). The molecule has 0 atom stereocenters. The van der Waals surface area contributed by atoms with Crippen LogP contribution >= 0.6 is 34.8 Å². The van der Waals surface area contributed by atoms with Crippen LogP contribution in [-0.4, -0.2) is 9.97 Å². The van der Waals surface area contributed by atoms with Gasteiger partial charge in [0.15, 0.2) is 5.82 Å². The maximum absolute atomic E-state index is 6.10. The highest BCUT2D eigenvalue weighted by Crippen LogP contribution is 2.32. The topological polar surface area (TPSA) is 63.8 Å². The molecule has 1 aromatic carbocycles. The van der Waals surface area contributed by atoms with E-state index in [0.717, 1.165) is 5.56 Å². The average Bonchev–Trinajstić information content (AvgIpc) is 2.30. The third-order valence-electron chi connectivity index (χ3n) is 2.26. The second kappa shape index (κ2) is 5.18. The first kappa shape index (κ1) is 13.2. The van der Waals surface area contributed by atoms with Crippen LogP contribution in [0.25, 0.3) is 0 Å². The molecule has 7 heteroatoms. The van der Waals surface area contributed by atoms with E-state index in [1.165, 1.54) is 6.20 Å². The lowest BCUT2D eigenvalue weighted by atomic mass is 10.2. The van der Waals surface area contributed by atoms with Crippen molar-refractivity contribution in [2.75, 3.05) is 11.1 Å². The minimum atomic E-state index is 0.122. The van der Waals surface area contributed by atoms with Gasteiger partial charge in [-0.2, -0.15) is 4.98 Å². The summed E-state index contributed by atoms with van der Waals surface area (Å²) in [4.78, 5) is 7.75. The Kier molecular flexibility index (Phi) is 3.80. The predicted molar refractivity (Wildman–Crippen MR) is 75.9 cm³/mol. The maximum atomic E-state index is 6.10. The molecule has 2 rings (SSSR count). The van der Waals surface area contributed by atoms with Crippen LogP contribution in [0.3, 0.4) is 0 Å². The van der Waals surface area contributed by atoms with Crippen molar-refractivity contribution >= 4 is 52.3 Å². The Balaban J connectivity index is 2.40. The van der Waals surface area contributed by atoms with Crippen LogP contribution in [0.2, 0.25) is 15.1 Å². The zero-order chi connectivity index (χ0) is 13.3. The van der Waals surface area contributed by atoms with Gasteiger partial charge >= 0.3 is 0 Å². The Morgan fingerprint density at radius 3 is 2.56 bits per heavy atom. The molecular weight excluding hydrogens is 295 g/mol. The van der Waals surface area contributed by atoms with Crippen molar-refractivity contribution in [2.24, 2.45) is 0 Å². The van der Waals surface area contributed by atoms with E-state index >= 15 is 0 Å². The molecule has 0 aliphatic heterocycles. The Morgan fingerprint density at radius 1 is 1.11 bits per heavy atom. The van der Waals surface area contributed by atoms with E-state index in [2.05, 4.69) is 15.3 Å². The molecule has 0 aliphatic rings. The van der Waals surface area contributed by atoms with Crippen molar-refractivity contribution in [3.05, 3.63) is 39.0 Å². The van der Waals surface area contributed by atoms with Crippen molar-refractivity contribution in [2.45, 2.75) is 6.92 Å². The van der Waals surface area contributed by atoms with E-state index in [1.54, 1.807) is 12.1 Å². The van der Waals surface area contributed by atoms with Crippen molar-refractivity contribution in [3.63, 3.8) is 0 Å². The summed E-state index contributed by atoms with van der Waals surface area (Å²) in [6.45, 7) is 1.87. The molecule has 0 radical (unpaired) electrons. The van der Waals surface area contributed by atoms with Crippen LogP contribution in [0.1, 0.15) is 5.56 Å². The normalized spacial score (nSPS) is 10.4. The second-order valence-corrected chi connectivity index (χ2v) is 4.85. The van der Waals surface area contributed by atoms with Gasteiger partial charge in [0.05, 0.1) is 16.9 Å². The molecule has 0 saturated carbocycles. The summed E-state index contributed by atoms with van der Waals surface area (Å²) in [6.07, 6.45) is 1.41. The van der Waals surface area contributed by atoms with E-state index in [9.17, 15) is 0 Å². The zero-order valence-corrected chi connectivity index (χ0v) is 11.6. The van der Waals surface area contributed by atoms with Crippen LogP contribution in [0.5, 0.6) is 0 Å². The first-order valence-electron chi connectivity index (χ1n) is 4.98. The van der Waals surface area contributed by atoms with Gasteiger partial charge < -0.3 is 11.1 Å². The SMILES string of the molecule is Cc1cc(Cl)c(Nc2nc(N)ncc2Cl)cc1Cl. The number of nitrogens with one attached hydrogen (secondary N) is 1. The van der Waals surface area contributed by atoms with Crippen molar-refractivity contribution in [3.8, 4) is 0 Å². The summed E-state index contributed by atoms with van der Waals surface area (Å²) in [5, 5.41) is 4.43. The average molecular weight is 304 g/mol. The van der Waals surface area contributed by atoms with E-state index in [4.69, 9.17) is 40.5 Å². The second-order valence-electron chi connectivity index (χ2n) is 3.63. The third-order valence-corrected chi connectivity index (χ3v) is 3.26. The minimum absolute atomic E-state index is 0.122. The molecule has 2 aromatic rings. The number of hydrogen-bond acceptors (Lipinski definition) is 4. The molecule has 3 N–H and O–H groups in total. The number of nitrogens with two attached hydrogens (primary N) is 1. The summed E-state index contributed by atoms with van der Waals surface area (Å²) < 4.78 is 0. The Labute approximate surface area is 119 Å². The van der Waals surface area contributed by atoms with Gasteiger partial charge in [0.25, 0.3) is 0 Å². The molecule has 18 heavy (non-hydrogen) atoms. The molecule has 1 heterocycles. The number of aromatic nitrogens is 2. The maximum Gasteiger partial charge on any atom is 0.222 e. The number of benzene rings is 1. The molecule has 4 nitrogen and oxygen atoms in total. The molecule has 0 aliphatic carbocycles. The highest BCUT2D eigenvalue weighted by molar-refractivity contribution is 6.36. The summed E-state index contributed by atoms with van der Waals surface area (Å²) in [5.41, 5.74) is 6.99. The fraction of sp³-hybridized carbons (Fsp3) is 0.0909. The van der Waals surface area contributed by atoms with Crippen molar-refractivity contribution in [1.29, 1.82) is 0 Å². The fourth-order valence-corrected chi connectivity index (χ4v) is 1.91. The lowest BCUT2D eigenvalue weighted by molar-refractivity contribution is 1.18. The smallest absolute Gasteiger partial charge is 0.222 e. The monoisotopic (exact) mass is 302 g/mol. The largest absolute Gasteiger partial charge is 0.368 e. The molecule has 0 bridgehead atoms. The van der Waals surface area contributed by atoms with E-state index in [0.29, 0.717) is 26.6 Å². The highest BCUT2D eigenvalue weighted by Gasteiger charge is 2.09. The van der Waals surface area contributed by atoms with Gasteiger partial charge in [-0.05, 0) is 24.6 Å². The van der Waals surface area contributed by atoms with Crippen LogP contribution in [-0.2, 0) is 0 Å². The lowest BCUT2D eigenvalue weighted by Gasteiger charge is -2.10. The quantitative estimate of drug-likeness (QED) is 0.877. The van der Waals surface area contributed by atoms with Gasteiger partial charge in [-0.15, -0.1) is 0 Å². The van der Waals surface area contributed by atoms with Gasteiger partial charge in [-0.25, -0.2) is 4.98 Å². The van der Waals surface area contributed by atoms with Crippen LogP contribution < -0.4 is 11.1 Å². The molecule has 0 saturated heterocycles. The van der Waals surface area contributed by atoms with Crippen molar-refractivity contribution < 1.29 is 0 Å². The first-order valence-corrected chi connectivity index (χ1v) is 6.11. The van der Waals surface area contributed by atoms with Gasteiger partial charge in [0.2, 0.25) is 5.95 Å². The van der Waals surface area contributed by atoms with E-state index in [-0.39, 0.29) is 5.95 Å². The fourth-order valence-electron chi connectivity index (χ4n) is 1.34. The molecule has 94 valence electrons. The lowest BCUT2D eigenvalue weighted by Crippen LogP contribution is -2.01. The number of aryl methyl sites for hydroxylation is 1. The Morgan fingerprint density at radius 2 is 1.83 bits per heavy atom. The summed E-state index contributed by atoms with van der Waals surface area (Å²) in [7, 11) is 0. The molecule has 0 fully saturated rings. The summed E-state index contributed by atoms with van der Waals surface area (Å²) in [5.74, 6) is 0.502. The van der Waals surface area contributed by atoms with E-state index in [1.807, 2.05) is 6.92 Å². The molecular formula is C11H9Cl3N4. The molecule has 0 unspecified atom stereocenters. The van der Waals surface area contributed by atoms with Gasteiger partial charge in [0, 0.05) is 5.02 Å². The summed E-state index contributed by atoms with van der Waals surface area (Å²) in [6, 6.07) is 3.46. The van der Waals surface area contributed by atoms with Crippen LogP contribution in [0.15, 0.2) is 18.3 Å². The van der Waals surface area contributed by atoms with Gasteiger partial charge in [-0.3, -0.25) is 0 Å². The number of hydrogen-bond donors (Lipinski definition) is 2. The Bertz CT molecular complexity index is 601. The number of anilines is 3. The summed E-state index contributed by atoms with van der Waals surface area (Å²) >= 11 is 18.1. The van der Waals surface area contributed by atoms with Crippen LogP contribution in [0.4, 0.5) is 17.5 Å². The molecule has 1 aromatic heterocycles. The number of halogens is 3. The van der Waals surface area contributed by atoms with Crippen LogP contribution in [0, 0.1) is 6.92 Å². The van der Waals surface area contributed by atoms with Crippen molar-refractivity contribution in [1.82, 2.24) is 9.97 Å². The predicted octanol–water partition coefficient (Wildman–Crippen LogP) is 4.07. The number of nitrogen functional groups attached to an aromatic ring is 1. The third kappa shape index (κ3) is 2.77. The first-order chi connectivity index (χ1) is 8.47. The van der Waals surface area contributed by atoms with E-state index < -0.39 is 0 Å². The van der Waals surface area contributed by atoms with Gasteiger partial charge in [-0.1, -0.05) is 34.8 Å². The number of rotatable bonds is 2. The Hall–Kier alpha value is -1.23. The number of nitrogens with zero attached hydrogens (tertiary/aromatic N) is 2. The molecule has 0 spiro atoms. The van der Waals surface area contributed by atoms with Gasteiger partial charge in [0.1, 0.15) is 5.02 Å². The minimum Gasteiger partial charge on any atom is -0.368 e.